The van der Waals surface area contributed by atoms with E-state index in [4.69, 9.17) is 0 Å². The van der Waals surface area contributed by atoms with Gasteiger partial charge in [0.1, 0.15) is 5.54 Å². The number of isocyanates is 1. The Morgan fingerprint density at radius 3 is 2.65 bits per heavy atom. The largest absolute Gasteiger partial charge is 0.279 e. The van der Waals surface area contributed by atoms with E-state index in [1.807, 2.05) is 50.2 Å². The van der Waals surface area contributed by atoms with E-state index < -0.39 is 5.54 Å². The molecular weight excluding hydrogens is 214 g/mol. The number of nitrogens with zero attached hydrogens (tertiary/aromatic N) is 2. The zero-order valence-electron chi connectivity index (χ0n) is 9.77. The number of aliphatic imine (C=N–C) groups is 1. The second kappa shape index (κ2) is 4.36. The summed E-state index contributed by atoms with van der Waals surface area (Å²) in [5.74, 6) is 0. The molecule has 0 unspecified atom stereocenters. The van der Waals surface area contributed by atoms with Crippen molar-refractivity contribution in [2.45, 2.75) is 19.4 Å². The highest BCUT2D eigenvalue weighted by molar-refractivity contribution is 5.59. The molecule has 0 atom stereocenters. The number of rotatable bonds is 3. The lowest BCUT2D eigenvalue weighted by Gasteiger charge is -2.13. The van der Waals surface area contributed by atoms with E-state index in [9.17, 15) is 4.79 Å². The fourth-order valence-corrected chi connectivity index (χ4v) is 1.57. The number of hydrogen-bond acceptors (Lipinski definition) is 3. The average Bonchev–Trinajstić information content (AvgIpc) is 2.80. The van der Waals surface area contributed by atoms with Crippen LogP contribution in [0.1, 0.15) is 19.5 Å². The van der Waals surface area contributed by atoms with E-state index in [1.54, 1.807) is 6.08 Å². The zero-order chi connectivity index (χ0) is 12.3. The molecule has 4 heteroatoms. The van der Waals surface area contributed by atoms with Gasteiger partial charge >= 0.3 is 0 Å². The number of benzene rings is 1. The number of carbonyl (C=O) groups excluding carboxylic acids is 1. The molecule has 1 N–H and O–H groups in total. The van der Waals surface area contributed by atoms with E-state index in [0.29, 0.717) is 0 Å². The predicted molar refractivity (Wildman–Crippen MR) is 65.2 cm³/mol. The molecule has 0 aliphatic heterocycles. The Hall–Kier alpha value is -2.19. The average molecular weight is 227 g/mol. The minimum absolute atomic E-state index is 0.623. The highest BCUT2D eigenvalue weighted by atomic mass is 16.1. The van der Waals surface area contributed by atoms with Crippen LogP contribution in [0.4, 0.5) is 0 Å². The van der Waals surface area contributed by atoms with Crippen molar-refractivity contribution in [2.75, 3.05) is 0 Å². The van der Waals surface area contributed by atoms with Crippen molar-refractivity contribution in [1.82, 2.24) is 10.2 Å². The van der Waals surface area contributed by atoms with Crippen LogP contribution < -0.4 is 0 Å². The first-order chi connectivity index (χ1) is 8.13. The van der Waals surface area contributed by atoms with Crippen molar-refractivity contribution in [2.24, 2.45) is 4.99 Å². The summed E-state index contributed by atoms with van der Waals surface area (Å²) < 4.78 is 0. The molecular formula is C13H13N3O. The Morgan fingerprint density at radius 2 is 2.00 bits per heavy atom. The molecule has 4 nitrogen and oxygen atoms in total. The summed E-state index contributed by atoms with van der Waals surface area (Å²) in [4.78, 5) is 14.1. The Labute approximate surface area is 99.4 Å². The summed E-state index contributed by atoms with van der Waals surface area (Å²) in [6, 6.07) is 11.7. The molecule has 0 aliphatic rings. The van der Waals surface area contributed by atoms with E-state index >= 15 is 0 Å². The number of aromatic nitrogens is 2. The quantitative estimate of drug-likeness (QED) is 0.647. The molecule has 1 aromatic heterocycles. The SMILES string of the molecule is CC(C)(N=C=O)c1cc(-c2ccccc2)n[nH]1. The van der Waals surface area contributed by atoms with Gasteiger partial charge in [0.25, 0.3) is 0 Å². The molecule has 0 saturated heterocycles. The van der Waals surface area contributed by atoms with Crippen LogP contribution in [0.3, 0.4) is 0 Å². The Kier molecular flexibility index (Phi) is 2.90. The number of nitrogens with one attached hydrogen (secondary N) is 1. The smallest absolute Gasteiger partial charge is 0.235 e. The van der Waals surface area contributed by atoms with E-state index in [2.05, 4.69) is 15.2 Å². The van der Waals surface area contributed by atoms with Gasteiger partial charge in [-0.1, -0.05) is 30.3 Å². The van der Waals surface area contributed by atoms with Crippen molar-refractivity contribution in [3.63, 3.8) is 0 Å². The van der Waals surface area contributed by atoms with Gasteiger partial charge in [-0.15, -0.1) is 0 Å². The van der Waals surface area contributed by atoms with E-state index in [0.717, 1.165) is 17.0 Å². The lowest BCUT2D eigenvalue weighted by molar-refractivity contribution is 0.511. The molecule has 0 fully saturated rings. The van der Waals surface area contributed by atoms with Gasteiger partial charge in [0.2, 0.25) is 6.08 Å². The maximum Gasteiger partial charge on any atom is 0.235 e. The number of hydrogen-bond donors (Lipinski definition) is 1. The van der Waals surface area contributed by atoms with Crippen molar-refractivity contribution >= 4 is 6.08 Å². The zero-order valence-corrected chi connectivity index (χ0v) is 9.77. The molecule has 0 spiro atoms. The van der Waals surface area contributed by atoms with Crippen LogP contribution in [0.5, 0.6) is 0 Å². The number of aromatic amines is 1. The molecule has 2 rings (SSSR count). The van der Waals surface area contributed by atoms with Crippen LogP contribution >= 0.6 is 0 Å². The van der Waals surface area contributed by atoms with Crippen LogP contribution in [-0.4, -0.2) is 16.3 Å². The summed E-state index contributed by atoms with van der Waals surface area (Å²) in [7, 11) is 0. The normalized spacial score (nSPS) is 10.9. The summed E-state index contributed by atoms with van der Waals surface area (Å²) in [6.45, 7) is 3.67. The third-order valence-corrected chi connectivity index (χ3v) is 2.63. The first-order valence-electron chi connectivity index (χ1n) is 5.34. The summed E-state index contributed by atoms with van der Waals surface area (Å²) in [5, 5.41) is 7.13. The van der Waals surface area contributed by atoms with E-state index in [-0.39, 0.29) is 0 Å². The van der Waals surface area contributed by atoms with Crippen LogP contribution in [0.2, 0.25) is 0 Å². The molecule has 1 aromatic carbocycles. The molecule has 17 heavy (non-hydrogen) atoms. The van der Waals surface area contributed by atoms with Crippen molar-refractivity contribution in [3.8, 4) is 11.3 Å². The highest BCUT2D eigenvalue weighted by Gasteiger charge is 2.22. The Balaban J connectivity index is 2.37. The minimum Gasteiger partial charge on any atom is -0.279 e. The maximum absolute atomic E-state index is 10.3. The Morgan fingerprint density at radius 1 is 1.29 bits per heavy atom. The van der Waals surface area contributed by atoms with Crippen molar-refractivity contribution in [3.05, 3.63) is 42.1 Å². The second-order valence-electron chi connectivity index (χ2n) is 4.29. The fraction of sp³-hybridized carbons (Fsp3) is 0.231. The third kappa shape index (κ3) is 2.32. The van der Waals surface area contributed by atoms with Crippen LogP contribution in [0.15, 0.2) is 41.4 Å². The van der Waals surface area contributed by atoms with Gasteiger partial charge in [-0.05, 0) is 19.9 Å². The predicted octanol–water partition coefficient (Wildman–Crippen LogP) is 2.65. The van der Waals surface area contributed by atoms with Gasteiger partial charge in [0.15, 0.2) is 0 Å². The summed E-state index contributed by atoms with van der Waals surface area (Å²) >= 11 is 0. The highest BCUT2D eigenvalue weighted by Crippen LogP contribution is 2.26. The monoisotopic (exact) mass is 227 g/mol. The molecule has 1 heterocycles. The lowest BCUT2D eigenvalue weighted by Crippen LogP contribution is -2.13. The van der Waals surface area contributed by atoms with Gasteiger partial charge in [0, 0.05) is 5.56 Å². The summed E-state index contributed by atoms with van der Waals surface area (Å²) in [5.41, 5.74) is 2.04. The van der Waals surface area contributed by atoms with Gasteiger partial charge in [-0.2, -0.15) is 10.1 Å². The van der Waals surface area contributed by atoms with Gasteiger partial charge in [-0.25, -0.2) is 4.79 Å². The molecule has 0 bridgehead atoms. The van der Waals surface area contributed by atoms with Gasteiger partial charge in [-0.3, -0.25) is 5.10 Å². The summed E-state index contributed by atoms with van der Waals surface area (Å²) in [6.07, 6.45) is 1.58. The van der Waals surface area contributed by atoms with Crippen LogP contribution in [0.25, 0.3) is 11.3 Å². The van der Waals surface area contributed by atoms with Crippen LogP contribution in [0, 0.1) is 0 Å². The minimum atomic E-state index is -0.623. The maximum atomic E-state index is 10.3. The molecule has 0 amide bonds. The number of H-pyrrole nitrogens is 1. The third-order valence-electron chi connectivity index (χ3n) is 2.63. The fourth-order valence-electron chi connectivity index (χ4n) is 1.57. The first kappa shape index (κ1) is 11.3. The lowest BCUT2D eigenvalue weighted by atomic mass is 10.0. The molecule has 2 aromatic rings. The first-order valence-corrected chi connectivity index (χ1v) is 5.34. The molecule has 86 valence electrons. The van der Waals surface area contributed by atoms with Gasteiger partial charge < -0.3 is 0 Å². The molecule has 0 aliphatic carbocycles. The Bertz CT molecular complexity index is 551. The topological polar surface area (TPSA) is 58.1 Å². The second-order valence-corrected chi connectivity index (χ2v) is 4.29. The molecule has 0 saturated carbocycles. The van der Waals surface area contributed by atoms with Crippen molar-refractivity contribution in [1.29, 1.82) is 0 Å². The van der Waals surface area contributed by atoms with E-state index in [1.165, 1.54) is 0 Å². The molecule has 0 radical (unpaired) electrons. The van der Waals surface area contributed by atoms with Crippen molar-refractivity contribution < 1.29 is 4.79 Å². The standard InChI is InChI=1S/C13H13N3O/c1-13(2,14-9-17)12-8-11(15-16-12)10-6-4-3-5-7-10/h3-8H,1-2H3,(H,15,16). The van der Waals surface area contributed by atoms with Crippen LogP contribution in [-0.2, 0) is 10.3 Å². The van der Waals surface area contributed by atoms with Gasteiger partial charge in [0.05, 0.1) is 11.4 Å².